The lowest BCUT2D eigenvalue weighted by atomic mass is 10.0. The average Bonchev–Trinajstić information content (AvgIpc) is 3.73. The number of aromatic nitrogens is 3. The third-order valence-electron chi connectivity index (χ3n) is 10.9. The van der Waals surface area contributed by atoms with Crippen LogP contribution in [0.3, 0.4) is 0 Å². The van der Waals surface area contributed by atoms with Crippen molar-refractivity contribution < 1.29 is 47.8 Å². The number of anilines is 2. The molecule has 0 unspecified atom stereocenters. The highest BCUT2D eigenvalue weighted by Gasteiger charge is 2.29. The number of thiazole rings is 1. The molecule has 360 valence electrons. The number of nitrogens with one attached hydrogen (secondary N) is 5. The van der Waals surface area contributed by atoms with E-state index in [2.05, 4.69) is 36.7 Å². The molecule has 2 aromatic heterocycles. The van der Waals surface area contributed by atoms with Crippen molar-refractivity contribution in [2.24, 2.45) is 11.7 Å². The van der Waals surface area contributed by atoms with Crippen molar-refractivity contribution in [1.82, 2.24) is 35.6 Å². The normalized spacial score (nSPS) is 14.0. The number of urea groups is 1. The summed E-state index contributed by atoms with van der Waals surface area (Å²) in [6.07, 6.45) is 11.4. The molecule has 2 atom stereocenters. The van der Waals surface area contributed by atoms with Gasteiger partial charge in [0.1, 0.15) is 25.3 Å². The first-order valence-corrected chi connectivity index (χ1v) is 23.3. The van der Waals surface area contributed by atoms with Crippen LogP contribution in [0.5, 0.6) is 0 Å². The van der Waals surface area contributed by atoms with Crippen LogP contribution in [-0.2, 0) is 57.9 Å². The van der Waals surface area contributed by atoms with Gasteiger partial charge in [-0.2, -0.15) is 5.10 Å². The summed E-state index contributed by atoms with van der Waals surface area (Å²) in [4.78, 5) is 107. The van der Waals surface area contributed by atoms with Crippen LogP contribution in [-0.4, -0.2) is 92.5 Å². The molecule has 0 bridgehead atoms. The highest BCUT2D eigenvalue weighted by Crippen LogP contribution is 2.43. The SMILES string of the molecule is CC(C)[C@H](NC(=O)CCCCCN1C(=O)C=CC1=O)C(=O)N[C@@H](CCCNC(N)=O)C(=O)Nc1ccc(COC(=O)OCc2cccc(-n3cc(CC(=O)Nc4ncc(C5CC5)s4)cn3)c2)cc1. The van der Waals surface area contributed by atoms with Gasteiger partial charge >= 0.3 is 12.2 Å². The third kappa shape index (κ3) is 15.6. The van der Waals surface area contributed by atoms with Crippen LogP contribution in [0, 0.1) is 5.92 Å². The van der Waals surface area contributed by atoms with E-state index in [1.165, 1.54) is 41.2 Å². The van der Waals surface area contributed by atoms with E-state index < -0.39 is 36.1 Å². The zero-order chi connectivity index (χ0) is 48.6. The number of carbonyl (C=O) groups excluding carboxylic acids is 8. The van der Waals surface area contributed by atoms with Crippen LogP contribution in [0.2, 0.25) is 0 Å². The Morgan fingerprint density at radius 3 is 2.26 bits per heavy atom. The van der Waals surface area contributed by atoms with Gasteiger partial charge in [0.05, 0.1) is 18.3 Å². The van der Waals surface area contributed by atoms with Gasteiger partial charge in [0.25, 0.3) is 11.8 Å². The molecule has 20 nitrogen and oxygen atoms in total. The fourth-order valence-corrected chi connectivity index (χ4v) is 8.08. The van der Waals surface area contributed by atoms with E-state index in [1.54, 1.807) is 73.4 Å². The summed E-state index contributed by atoms with van der Waals surface area (Å²) in [5.74, 6) is -2.13. The molecule has 1 fully saturated rings. The Morgan fingerprint density at radius 2 is 1.56 bits per heavy atom. The minimum atomic E-state index is -1.05. The van der Waals surface area contributed by atoms with Crippen LogP contribution in [0.15, 0.2) is 79.3 Å². The maximum absolute atomic E-state index is 13.6. The summed E-state index contributed by atoms with van der Waals surface area (Å²) in [7, 11) is 0. The standard InChI is InChI=1S/C47H56N10O10S/c1-29(2)42(54-38(58)11-4-3-5-21-56-40(60)18-19-41(56)61)44(63)53-36(10-7-20-49-45(48)64)43(62)52-34-16-12-30(13-17-34)27-66-47(65)67-28-31-8-6-9-35(22-31)57-26-32(24-51-57)23-39(59)55-46-50-25-37(68-46)33-14-15-33/h6,8-9,12-13,16-19,22,24-26,29,33,36,42H,3-5,7,10-11,14-15,20-21,23,27-28H2,1-2H3,(H,52,62)(H,53,63)(H,54,58)(H3,48,49,64)(H,50,55,59)/t36-,42-/m0/s1. The Kier molecular flexibility index (Phi) is 17.9. The first kappa shape index (κ1) is 50.0. The zero-order valence-corrected chi connectivity index (χ0v) is 38.7. The molecule has 68 heavy (non-hydrogen) atoms. The van der Waals surface area contributed by atoms with Crippen molar-refractivity contribution in [3.63, 3.8) is 0 Å². The number of nitrogens with two attached hydrogens (primary N) is 1. The smallest absolute Gasteiger partial charge is 0.429 e. The minimum Gasteiger partial charge on any atom is -0.429 e. The van der Waals surface area contributed by atoms with Crippen molar-refractivity contribution in [2.75, 3.05) is 23.7 Å². The van der Waals surface area contributed by atoms with E-state index in [9.17, 15) is 38.4 Å². The second kappa shape index (κ2) is 24.4. The van der Waals surface area contributed by atoms with Crippen LogP contribution < -0.4 is 32.3 Å². The quantitative estimate of drug-likeness (QED) is 0.0299. The van der Waals surface area contributed by atoms with Gasteiger partial charge in [0.2, 0.25) is 23.6 Å². The summed E-state index contributed by atoms with van der Waals surface area (Å²) >= 11 is 1.51. The number of hydrogen-bond donors (Lipinski definition) is 6. The number of hydrogen-bond acceptors (Lipinski definition) is 13. The average molecular weight is 953 g/mol. The molecule has 21 heteroatoms. The number of imide groups is 1. The predicted molar refractivity (Wildman–Crippen MR) is 250 cm³/mol. The number of primary amides is 1. The molecular weight excluding hydrogens is 897 g/mol. The van der Waals surface area contributed by atoms with Gasteiger partial charge in [-0.3, -0.25) is 33.7 Å². The molecular formula is C47H56N10O10S. The first-order chi connectivity index (χ1) is 32.7. The number of unbranched alkanes of at least 4 members (excludes halogenated alkanes) is 2. The van der Waals surface area contributed by atoms with Gasteiger partial charge in [0.15, 0.2) is 5.13 Å². The van der Waals surface area contributed by atoms with Gasteiger partial charge < -0.3 is 41.8 Å². The molecule has 0 radical (unpaired) electrons. The lowest BCUT2D eigenvalue weighted by Crippen LogP contribution is -2.54. The lowest BCUT2D eigenvalue weighted by Gasteiger charge is -2.25. The van der Waals surface area contributed by atoms with Crippen molar-refractivity contribution >= 4 is 69.8 Å². The molecule has 4 aromatic rings. The van der Waals surface area contributed by atoms with Crippen molar-refractivity contribution in [3.8, 4) is 5.69 Å². The largest absolute Gasteiger partial charge is 0.508 e. The number of amides is 8. The minimum absolute atomic E-state index is 0.0709. The molecule has 6 rings (SSSR count). The Labute approximate surface area is 396 Å². The van der Waals surface area contributed by atoms with E-state index >= 15 is 0 Å². The second-order valence-corrected chi connectivity index (χ2v) is 17.9. The molecule has 1 aliphatic heterocycles. The number of nitrogens with zero attached hydrogens (tertiary/aromatic N) is 4. The number of rotatable bonds is 25. The maximum Gasteiger partial charge on any atom is 0.508 e. The van der Waals surface area contributed by atoms with Crippen molar-refractivity contribution in [3.05, 3.63) is 101 Å². The van der Waals surface area contributed by atoms with E-state index in [4.69, 9.17) is 15.2 Å². The maximum atomic E-state index is 13.6. The van der Waals surface area contributed by atoms with E-state index in [0.29, 0.717) is 59.2 Å². The third-order valence-corrected chi connectivity index (χ3v) is 12.0. The van der Waals surface area contributed by atoms with Crippen LogP contribution in [0.25, 0.3) is 5.69 Å². The second-order valence-electron chi connectivity index (χ2n) is 16.8. The van der Waals surface area contributed by atoms with Gasteiger partial charge in [0, 0.05) is 54.6 Å². The number of carbonyl (C=O) groups is 8. The van der Waals surface area contributed by atoms with E-state index in [0.717, 1.165) is 10.5 Å². The summed E-state index contributed by atoms with van der Waals surface area (Å²) < 4.78 is 12.3. The van der Waals surface area contributed by atoms with Gasteiger partial charge in [-0.15, -0.1) is 11.3 Å². The molecule has 3 heterocycles. The molecule has 8 amide bonds. The molecule has 1 aliphatic carbocycles. The topological polar surface area (TPSA) is 275 Å². The first-order valence-electron chi connectivity index (χ1n) is 22.4. The van der Waals surface area contributed by atoms with E-state index in [1.807, 2.05) is 12.3 Å². The highest BCUT2D eigenvalue weighted by atomic mass is 32.1. The van der Waals surface area contributed by atoms with Crippen LogP contribution in [0.1, 0.15) is 92.7 Å². The summed E-state index contributed by atoms with van der Waals surface area (Å²) in [5, 5.41) is 18.6. The van der Waals surface area contributed by atoms with Gasteiger partial charge in [-0.25, -0.2) is 19.3 Å². The predicted octanol–water partition coefficient (Wildman–Crippen LogP) is 4.74. The van der Waals surface area contributed by atoms with E-state index in [-0.39, 0.29) is 75.1 Å². The van der Waals surface area contributed by atoms with Gasteiger partial charge in [-0.05, 0) is 91.3 Å². The molecule has 2 aliphatic rings. The van der Waals surface area contributed by atoms with Gasteiger partial charge in [-0.1, -0.05) is 44.5 Å². The van der Waals surface area contributed by atoms with Crippen molar-refractivity contribution in [1.29, 1.82) is 0 Å². The molecule has 0 saturated heterocycles. The number of benzene rings is 2. The summed E-state index contributed by atoms with van der Waals surface area (Å²) in [5.41, 5.74) is 8.29. The highest BCUT2D eigenvalue weighted by molar-refractivity contribution is 7.15. The Hall–Kier alpha value is -7.42. The Bertz CT molecular complexity index is 2460. The van der Waals surface area contributed by atoms with Crippen molar-refractivity contribution in [2.45, 2.75) is 103 Å². The fourth-order valence-electron chi connectivity index (χ4n) is 7.08. The monoisotopic (exact) mass is 952 g/mol. The zero-order valence-electron chi connectivity index (χ0n) is 37.9. The molecule has 2 aromatic carbocycles. The molecule has 7 N–H and O–H groups in total. The summed E-state index contributed by atoms with van der Waals surface area (Å²) in [6, 6.07) is 11.0. The molecule has 1 saturated carbocycles. The van der Waals surface area contributed by atoms with Crippen LogP contribution in [0.4, 0.5) is 20.4 Å². The Balaban J connectivity index is 0.929. The number of ether oxygens (including phenoxy) is 2. The fraction of sp³-hybridized carbons (Fsp3) is 0.404. The summed E-state index contributed by atoms with van der Waals surface area (Å²) in [6.45, 7) is 3.75. The Morgan fingerprint density at radius 1 is 0.824 bits per heavy atom. The molecule has 0 spiro atoms. The van der Waals surface area contributed by atoms with Crippen LogP contribution >= 0.6 is 11.3 Å². The lowest BCUT2D eigenvalue weighted by molar-refractivity contribution is -0.137.